The number of morpholine rings is 1. The van der Waals surface area contributed by atoms with E-state index in [0.717, 1.165) is 37.6 Å². The molecule has 4 rings (SSSR count). The molecule has 1 aromatic carbocycles. The zero-order chi connectivity index (χ0) is 20.4. The summed E-state index contributed by atoms with van der Waals surface area (Å²) < 4.78 is 8.25. The lowest BCUT2D eigenvalue weighted by atomic mass is 10.1. The summed E-state index contributed by atoms with van der Waals surface area (Å²) in [5.41, 5.74) is 2.44. The van der Waals surface area contributed by atoms with Crippen LogP contribution >= 0.6 is 0 Å². The molecule has 0 saturated carbocycles. The van der Waals surface area contributed by atoms with Gasteiger partial charge in [-0.1, -0.05) is 12.1 Å². The highest BCUT2D eigenvalue weighted by molar-refractivity contribution is 5.77. The molecule has 3 aromatic rings. The standard InChI is InChI=1S/C20H24N6O3/c1-23(12-15-3-5-16(6-4-15)25-7-9-29-10-8-25)18(27)13-26-14-21-19-17(20(26)28)11-22-24(19)2/h3-6,11,14H,7-10,12-13H2,1-2H3. The molecule has 9 nitrogen and oxygen atoms in total. The molecule has 1 aliphatic rings. The Bertz CT molecular complexity index is 1070. The summed E-state index contributed by atoms with van der Waals surface area (Å²) >= 11 is 0. The lowest BCUT2D eigenvalue weighted by molar-refractivity contribution is -0.131. The molecular weight excluding hydrogens is 372 g/mol. The highest BCUT2D eigenvalue weighted by Gasteiger charge is 2.15. The number of carbonyl (C=O) groups is 1. The van der Waals surface area contributed by atoms with Gasteiger partial charge in [-0.2, -0.15) is 5.10 Å². The van der Waals surface area contributed by atoms with Gasteiger partial charge in [-0.25, -0.2) is 4.98 Å². The second kappa shape index (κ2) is 8.04. The van der Waals surface area contributed by atoms with Crippen LogP contribution in [0.4, 0.5) is 5.69 Å². The Morgan fingerprint density at radius 3 is 2.66 bits per heavy atom. The number of rotatable bonds is 5. The summed E-state index contributed by atoms with van der Waals surface area (Å²) in [7, 11) is 3.46. The smallest absolute Gasteiger partial charge is 0.264 e. The largest absolute Gasteiger partial charge is 0.378 e. The van der Waals surface area contributed by atoms with Crippen LogP contribution in [0.15, 0.2) is 41.6 Å². The van der Waals surface area contributed by atoms with E-state index in [0.29, 0.717) is 17.6 Å². The van der Waals surface area contributed by atoms with Gasteiger partial charge >= 0.3 is 0 Å². The van der Waals surface area contributed by atoms with Crippen molar-refractivity contribution in [3.63, 3.8) is 0 Å². The van der Waals surface area contributed by atoms with Crippen LogP contribution in [-0.2, 0) is 29.7 Å². The number of aryl methyl sites for hydroxylation is 1. The highest BCUT2D eigenvalue weighted by atomic mass is 16.5. The van der Waals surface area contributed by atoms with E-state index in [-0.39, 0.29) is 18.0 Å². The molecule has 29 heavy (non-hydrogen) atoms. The van der Waals surface area contributed by atoms with Crippen molar-refractivity contribution in [2.75, 3.05) is 38.3 Å². The molecule has 1 aliphatic heterocycles. The quantitative estimate of drug-likeness (QED) is 0.629. The van der Waals surface area contributed by atoms with Gasteiger partial charge in [0.2, 0.25) is 5.91 Å². The van der Waals surface area contributed by atoms with Gasteiger partial charge in [0.15, 0.2) is 5.65 Å². The predicted octanol–water partition coefficient (Wildman–Crippen LogP) is 0.625. The normalized spacial score (nSPS) is 14.3. The minimum atomic E-state index is -0.264. The van der Waals surface area contributed by atoms with Crippen LogP contribution in [0.3, 0.4) is 0 Å². The van der Waals surface area contributed by atoms with E-state index >= 15 is 0 Å². The second-order valence-corrected chi connectivity index (χ2v) is 7.20. The van der Waals surface area contributed by atoms with Crippen molar-refractivity contribution in [1.29, 1.82) is 0 Å². The fraction of sp³-hybridized carbons (Fsp3) is 0.400. The first-order chi connectivity index (χ1) is 14.0. The van der Waals surface area contributed by atoms with Gasteiger partial charge in [0.05, 0.1) is 19.4 Å². The summed E-state index contributed by atoms with van der Waals surface area (Å²) in [6, 6.07) is 8.21. The molecular formula is C20H24N6O3. The molecule has 1 fully saturated rings. The summed E-state index contributed by atoms with van der Waals surface area (Å²) in [5, 5.41) is 4.45. The van der Waals surface area contributed by atoms with Gasteiger partial charge in [0.25, 0.3) is 5.56 Å². The highest BCUT2D eigenvalue weighted by Crippen LogP contribution is 2.17. The number of benzene rings is 1. The third kappa shape index (κ3) is 4.00. The van der Waals surface area contributed by atoms with Crippen LogP contribution in [0, 0.1) is 0 Å². The van der Waals surface area contributed by atoms with Crippen molar-refractivity contribution in [2.45, 2.75) is 13.1 Å². The number of likely N-dealkylation sites (N-methyl/N-ethyl adjacent to an activating group) is 1. The second-order valence-electron chi connectivity index (χ2n) is 7.20. The molecule has 9 heteroatoms. The SMILES string of the molecule is CN(Cc1ccc(N2CCOCC2)cc1)C(=O)Cn1cnc2c(cnn2C)c1=O. The maximum atomic E-state index is 12.6. The third-order valence-electron chi connectivity index (χ3n) is 5.18. The molecule has 0 radical (unpaired) electrons. The Morgan fingerprint density at radius 2 is 1.93 bits per heavy atom. The number of hydrogen-bond donors (Lipinski definition) is 0. The first-order valence-electron chi connectivity index (χ1n) is 9.55. The zero-order valence-corrected chi connectivity index (χ0v) is 16.6. The lowest BCUT2D eigenvalue weighted by Gasteiger charge is -2.29. The van der Waals surface area contributed by atoms with Gasteiger partial charge in [0.1, 0.15) is 18.3 Å². The number of ether oxygens (including phenoxy) is 1. The van der Waals surface area contributed by atoms with E-state index in [2.05, 4.69) is 27.1 Å². The minimum Gasteiger partial charge on any atom is -0.378 e. The number of hydrogen-bond acceptors (Lipinski definition) is 6. The molecule has 0 unspecified atom stereocenters. The van der Waals surface area contributed by atoms with E-state index in [1.54, 1.807) is 19.0 Å². The number of aromatic nitrogens is 4. The summed E-state index contributed by atoms with van der Waals surface area (Å²) in [5.74, 6) is -0.158. The van der Waals surface area contributed by atoms with Crippen LogP contribution in [0.5, 0.6) is 0 Å². The van der Waals surface area contributed by atoms with Crippen molar-refractivity contribution in [3.8, 4) is 0 Å². The number of amides is 1. The molecule has 152 valence electrons. The Morgan fingerprint density at radius 1 is 1.21 bits per heavy atom. The number of carbonyl (C=O) groups excluding carboxylic acids is 1. The van der Waals surface area contributed by atoms with Crippen LogP contribution < -0.4 is 10.5 Å². The van der Waals surface area contributed by atoms with Gasteiger partial charge in [0, 0.05) is 39.4 Å². The Balaban J connectivity index is 1.40. The maximum Gasteiger partial charge on any atom is 0.264 e. The lowest BCUT2D eigenvalue weighted by Crippen LogP contribution is -2.36. The van der Waals surface area contributed by atoms with E-state index in [1.807, 2.05) is 12.1 Å². The predicted molar refractivity (Wildman–Crippen MR) is 109 cm³/mol. The molecule has 2 aromatic heterocycles. The Kier molecular flexibility index (Phi) is 5.30. The fourth-order valence-corrected chi connectivity index (χ4v) is 3.44. The summed E-state index contributed by atoms with van der Waals surface area (Å²) in [6.07, 6.45) is 2.88. The van der Waals surface area contributed by atoms with Crippen LogP contribution in [0.1, 0.15) is 5.56 Å². The topological polar surface area (TPSA) is 85.5 Å². The van der Waals surface area contributed by atoms with E-state index in [1.165, 1.54) is 21.8 Å². The Labute approximate surface area is 168 Å². The monoisotopic (exact) mass is 396 g/mol. The van der Waals surface area contributed by atoms with Crippen LogP contribution in [0.25, 0.3) is 11.0 Å². The van der Waals surface area contributed by atoms with Gasteiger partial charge < -0.3 is 14.5 Å². The summed E-state index contributed by atoms with van der Waals surface area (Å²) in [6.45, 7) is 3.69. The van der Waals surface area contributed by atoms with E-state index in [4.69, 9.17) is 4.74 Å². The fourth-order valence-electron chi connectivity index (χ4n) is 3.44. The molecule has 1 saturated heterocycles. The van der Waals surface area contributed by atoms with Crippen molar-refractivity contribution in [1.82, 2.24) is 24.2 Å². The Hall–Kier alpha value is -3.20. The van der Waals surface area contributed by atoms with Gasteiger partial charge in [-0.05, 0) is 17.7 Å². The van der Waals surface area contributed by atoms with Crippen molar-refractivity contribution >= 4 is 22.6 Å². The number of anilines is 1. The van der Waals surface area contributed by atoms with E-state index < -0.39 is 0 Å². The van der Waals surface area contributed by atoms with Crippen LogP contribution in [-0.4, -0.2) is 63.5 Å². The third-order valence-corrected chi connectivity index (χ3v) is 5.18. The molecule has 0 spiro atoms. The van der Waals surface area contributed by atoms with Crippen molar-refractivity contribution < 1.29 is 9.53 Å². The number of fused-ring (bicyclic) bond motifs is 1. The zero-order valence-electron chi connectivity index (χ0n) is 16.6. The van der Waals surface area contributed by atoms with Crippen LogP contribution in [0.2, 0.25) is 0 Å². The average molecular weight is 396 g/mol. The minimum absolute atomic E-state index is 0.0565. The molecule has 0 atom stereocenters. The van der Waals surface area contributed by atoms with Crippen molar-refractivity contribution in [3.05, 3.63) is 52.7 Å². The summed E-state index contributed by atoms with van der Waals surface area (Å²) in [4.78, 5) is 33.3. The average Bonchev–Trinajstić information content (AvgIpc) is 3.12. The molecule has 0 bridgehead atoms. The molecule has 0 aliphatic carbocycles. The van der Waals surface area contributed by atoms with Gasteiger partial charge in [-0.15, -0.1) is 0 Å². The molecule has 0 N–H and O–H groups in total. The van der Waals surface area contributed by atoms with Crippen molar-refractivity contribution in [2.24, 2.45) is 7.05 Å². The first kappa shape index (κ1) is 19.1. The molecule has 1 amide bonds. The number of nitrogens with zero attached hydrogens (tertiary/aromatic N) is 6. The van der Waals surface area contributed by atoms with Gasteiger partial charge in [-0.3, -0.25) is 18.8 Å². The first-order valence-corrected chi connectivity index (χ1v) is 9.55. The maximum absolute atomic E-state index is 12.6. The van der Waals surface area contributed by atoms with E-state index in [9.17, 15) is 9.59 Å². The molecule has 3 heterocycles.